The standard InChI is InChI=1S/C21H24ClN7O2/c1-5-31-18-13(9-15(22)14-10-29(11(2)3)26-17(14)18)12(4)25-21(30)16-19(23)27-28-8-6-7-24-20(16)28/h6-12H,5H2,1-4H3,(H2,23,27)(H,25,30). The van der Waals surface area contributed by atoms with Crippen molar-refractivity contribution < 1.29 is 9.53 Å². The molecule has 0 radical (unpaired) electrons. The Kier molecular flexibility index (Phi) is 5.45. The Balaban J connectivity index is 1.74. The minimum Gasteiger partial charge on any atom is -0.491 e. The number of benzene rings is 1. The Labute approximate surface area is 184 Å². The number of nitrogens with zero attached hydrogens (tertiary/aromatic N) is 5. The van der Waals surface area contributed by atoms with Gasteiger partial charge < -0.3 is 15.8 Å². The summed E-state index contributed by atoms with van der Waals surface area (Å²) in [7, 11) is 0. The van der Waals surface area contributed by atoms with Crippen molar-refractivity contribution in [2.45, 2.75) is 39.8 Å². The van der Waals surface area contributed by atoms with E-state index in [1.165, 1.54) is 4.52 Å². The Morgan fingerprint density at radius 1 is 1.32 bits per heavy atom. The van der Waals surface area contributed by atoms with Crippen LogP contribution in [0, 0.1) is 0 Å². The topological polar surface area (TPSA) is 112 Å². The quantitative estimate of drug-likeness (QED) is 0.470. The van der Waals surface area contributed by atoms with Crippen LogP contribution in [-0.4, -0.2) is 36.9 Å². The predicted octanol–water partition coefficient (Wildman–Crippen LogP) is 3.79. The highest BCUT2D eigenvalue weighted by Crippen LogP contribution is 2.38. The highest BCUT2D eigenvalue weighted by atomic mass is 35.5. The van der Waals surface area contributed by atoms with E-state index in [9.17, 15) is 4.79 Å². The number of anilines is 1. The van der Waals surface area contributed by atoms with Crippen molar-refractivity contribution >= 4 is 39.9 Å². The van der Waals surface area contributed by atoms with Gasteiger partial charge >= 0.3 is 0 Å². The van der Waals surface area contributed by atoms with E-state index in [1.54, 1.807) is 18.5 Å². The molecule has 4 rings (SSSR count). The van der Waals surface area contributed by atoms with Crippen LogP contribution in [-0.2, 0) is 0 Å². The molecule has 0 aliphatic rings. The molecule has 31 heavy (non-hydrogen) atoms. The summed E-state index contributed by atoms with van der Waals surface area (Å²) < 4.78 is 9.27. The molecular weight excluding hydrogens is 418 g/mol. The van der Waals surface area contributed by atoms with Gasteiger partial charge in [-0.05, 0) is 39.8 Å². The molecule has 4 aromatic rings. The molecule has 0 aliphatic carbocycles. The van der Waals surface area contributed by atoms with Crippen molar-refractivity contribution in [3.05, 3.63) is 46.9 Å². The minimum atomic E-state index is -0.432. The number of amides is 1. The summed E-state index contributed by atoms with van der Waals surface area (Å²) in [6, 6.07) is 3.26. The normalized spacial score (nSPS) is 12.6. The molecule has 3 aromatic heterocycles. The van der Waals surface area contributed by atoms with Crippen molar-refractivity contribution in [3.8, 4) is 5.75 Å². The zero-order valence-electron chi connectivity index (χ0n) is 17.8. The molecule has 0 spiro atoms. The number of carbonyl (C=O) groups excluding carboxylic acids is 1. The van der Waals surface area contributed by atoms with Gasteiger partial charge in [-0.25, -0.2) is 9.50 Å². The number of rotatable bonds is 6. The molecule has 3 N–H and O–H groups in total. The van der Waals surface area contributed by atoms with E-state index in [-0.39, 0.29) is 23.3 Å². The van der Waals surface area contributed by atoms with Gasteiger partial charge in [-0.3, -0.25) is 9.48 Å². The van der Waals surface area contributed by atoms with Crippen LogP contribution < -0.4 is 15.8 Å². The smallest absolute Gasteiger partial charge is 0.259 e. The molecule has 1 atom stereocenters. The van der Waals surface area contributed by atoms with Gasteiger partial charge in [0, 0.05) is 35.6 Å². The van der Waals surface area contributed by atoms with Gasteiger partial charge in [0.1, 0.15) is 11.1 Å². The lowest BCUT2D eigenvalue weighted by molar-refractivity contribution is 0.0942. The molecule has 1 unspecified atom stereocenters. The number of nitrogens with two attached hydrogens (primary N) is 1. The molecule has 162 valence electrons. The fraction of sp³-hybridized carbons (Fsp3) is 0.333. The lowest BCUT2D eigenvalue weighted by Gasteiger charge is -2.19. The third-order valence-corrected chi connectivity index (χ3v) is 5.34. The van der Waals surface area contributed by atoms with E-state index in [0.717, 1.165) is 10.9 Å². The number of hydrogen-bond donors (Lipinski definition) is 2. The number of nitrogen functional groups attached to an aromatic ring is 1. The van der Waals surface area contributed by atoms with Crippen LogP contribution >= 0.6 is 11.6 Å². The van der Waals surface area contributed by atoms with E-state index < -0.39 is 6.04 Å². The van der Waals surface area contributed by atoms with Gasteiger partial charge in [0.25, 0.3) is 5.91 Å². The van der Waals surface area contributed by atoms with Crippen LogP contribution in [0.3, 0.4) is 0 Å². The molecule has 0 aliphatic heterocycles. The van der Waals surface area contributed by atoms with Crippen LogP contribution in [0.5, 0.6) is 5.75 Å². The monoisotopic (exact) mass is 441 g/mol. The fourth-order valence-electron chi connectivity index (χ4n) is 3.50. The van der Waals surface area contributed by atoms with Gasteiger partial charge in [-0.1, -0.05) is 11.6 Å². The molecule has 1 amide bonds. The van der Waals surface area contributed by atoms with Crippen LogP contribution in [0.15, 0.2) is 30.7 Å². The summed E-state index contributed by atoms with van der Waals surface area (Å²) in [4.78, 5) is 17.3. The van der Waals surface area contributed by atoms with Gasteiger partial charge in [0.2, 0.25) is 0 Å². The van der Waals surface area contributed by atoms with Crippen molar-refractivity contribution in [3.63, 3.8) is 0 Å². The number of ether oxygens (including phenoxy) is 1. The molecule has 1 aromatic carbocycles. The second kappa shape index (κ2) is 8.07. The Morgan fingerprint density at radius 3 is 2.81 bits per heavy atom. The summed E-state index contributed by atoms with van der Waals surface area (Å²) in [5, 5.41) is 13.1. The average Bonchev–Trinajstić information content (AvgIpc) is 3.31. The average molecular weight is 442 g/mol. The Morgan fingerprint density at radius 2 is 2.10 bits per heavy atom. The zero-order valence-corrected chi connectivity index (χ0v) is 18.5. The van der Waals surface area contributed by atoms with Crippen molar-refractivity contribution in [1.82, 2.24) is 29.7 Å². The van der Waals surface area contributed by atoms with E-state index >= 15 is 0 Å². The van der Waals surface area contributed by atoms with Crippen molar-refractivity contribution in [2.24, 2.45) is 0 Å². The van der Waals surface area contributed by atoms with Gasteiger partial charge in [-0.15, -0.1) is 5.10 Å². The summed E-state index contributed by atoms with van der Waals surface area (Å²) >= 11 is 6.57. The van der Waals surface area contributed by atoms with Crippen molar-refractivity contribution in [1.29, 1.82) is 0 Å². The predicted molar refractivity (Wildman–Crippen MR) is 120 cm³/mol. The second-order valence-electron chi connectivity index (χ2n) is 7.52. The number of nitrogens with one attached hydrogen (secondary N) is 1. The number of hydrogen-bond acceptors (Lipinski definition) is 6. The number of fused-ring (bicyclic) bond motifs is 2. The van der Waals surface area contributed by atoms with Gasteiger partial charge in [0.15, 0.2) is 17.2 Å². The molecular formula is C21H24ClN7O2. The molecule has 10 heteroatoms. The molecule has 3 heterocycles. The molecule has 0 bridgehead atoms. The number of aromatic nitrogens is 5. The maximum atomic E-state index is 13.1. The first kappa shape index (κ1) is 20.9. The largest absolute Gasteiger partial charge is 0.491 e. The summed E-state index contributed by atoms with van der Waals surface area (Å²) in [5.41, 5.74) is 7.99. The minimum absolute atomic E-state index is 0.109. The zero-order chi connectivity index (χ0) is 22.3. The third-order valence-electron chi connectivity index (χ3n) is 5.03. The first-order valence-electron chi connectivity index (χ1n) is 10.1. The lowest BCUT2D eigenvalue weighted by Crippen LogP contribution is -2.27. The van der Waals surface area contributed by atoms with Crippen molar-refractivity contribution in [2.75, 3.05) is 12.3 Å². The third kappa shape index (κ3) is 3.65. The summed E-state index contributed by atoms with van der Waals surface area (Å²) in [6.07, 6.45) is 5.18. The highest BCUT2D eigenvalue weighted by Gasteiger charge is 2.25. The van der Waals surface area contributed by atoms with E-state index in [4.69, 9.17) is 22.1 Å². The molecule has 9 nitrogen and oxygen atoms in total. The maximum Gasteiger partial charge on any atom is 0.259 e. The van der Waals surface area contributed by atoms with E-state index in [1.807, 2.05) is 44.6 Å². The molecule has 0 saturated carbocycles. The molecule has 0 saturated heterocycles. The van der Waals surface area contributed by atoms with Gasteiger partial charge in [-0.2, -0.15) is 5.10 Å². The second-order valence-corrected chi connectivity index (χ2v) is 7.93. The Bertz CT molecular complexity index is 1280. The van der Waals surface area contributed by atoms with E-state index in [2.05, 4.69) is 20.5 Å². The first-order valence-corrected chi connectivity index (χ1v) is 10.4. The SMILES string of the molecule is CCOc1c(C(C)NC(=O)c2c(N)nn3cccnc23)cc(Cl)c2cn(C(C)C)nc12. The first-order chi connectivity index (χ1) is 14.8. The maximum absolute atomic E-state index is 13.1. The van der Waals surface area contributed by atoms with Crippen LogP contribution in [0.1, 0.15) is 55.7 Å². The van der Waals surface area contributed by atoms with Crippen LogP contribution in [0.4, 0.5) is 5.82 Å². The van der Waals surface area contributed by atoms with Crippen LogP contribution in [0.2, 0.25) is 5.02 Å². The summed E-state index contributed by atoms with van der Waals surface area (Å²) in [6.45, 7) is 8.28. The fourth-order valence-corrected chi connectivity index (χ4v) is 3.76. The Hall–Kier alpha value is -3.33. The van der Waals surface area contributed by atoms with Gasteiger partial charge in [0.05, 0.1) is 17.7 Å². The summed E-state index contributed by atoms with van der Waals surface area (Å²) in [5.74, 6) is 0.322. The lowest BCUT2D eigenvalue weighted by atomic mass is 10.0. The van der Waals surface area contributed by atoms with E-state index in [0.29, 0.717) is 28.5 Å². The van der Waals surface area contributed by atoms with Crippen LogP contribution in [0.25, 0.3) is 16.6 Å². The number of halogens is 1. The highest BCUT2D eigenvalue weighted by molar-refractivity contribution is 6.35. The molecule has 0 fully saturated rings. The number of carbonyl (C=O) groups is 1.